The molecule has 0 spiro atoms. The molecule has 4 heteroatoms. The number of imidazole rings is 1. The highest BCUT2D eigenvalue weighted by Crippen LogP contribution is 2.21. The van der Waals surface area contributed by atoms with Gasteiger partial charge >= 0.3 is 0 Å². The van der Waals surface area contributed by atoms with Crippen molar-refractivity contribution in [3.63, 3.8) is 0 Å². The van der Waals surface area contributed by atoms with Crippen LogP contribution in [0.2, 0.25) is 0 Å². The molecular formula is C11H8N4. The van der Waals surface area contributed by atoms with Gasteiger partial charge in [-0.05, 0) is 0 Å². The maximum absolute atomic E-state index is 4.18. The smallest absolute Gasteiger partial charge is 0.158 e. The summed E-state index contributed by atoms with van der Waals surface area (Å²) in [7, 11) is 0. The summed E-state index contributed by atoms with van der Waals surface area (Å²) in [5.74, 6) is 0.749. The van der Waals surface area contributed by atoms with E-state index in [1.165, 1.54) is 0 Å². The second-order valence-electron chi connectivity index (χ2n) is 3.22. The van der Waals surface area contributed by atoms with Crippen molar-refractivity contribution in [2.75, 3.05) is 0 Å². The zero-order chi connectivity index (χ0) is 10.1. The summed E-state index contributed by atoms with van der Waals surface area (Å²) in [6, 6.07) is 7.99. The Hall–Kier alpha value is -2.23. The molecule has 3 rings (SSSR count). The van der Waals surface area contributed by atoms with E-state index in [1.54, 1.807) is 18.6 Å². The molecule has 0 unspecified atom stereocenters. The third-order valence-electron chi connectivity index (χ3n) is 2.29. The molecule has 4 nitrogen and oxygen atoms in total. The largest absolute Gasteiger partial charge is 0.343 e. The Bertz CT molecular complexity index is 581. The lowest BCUT2D eigenvalue weighted by Gasteiger charge is -2.00. The first-order valence-electron chi connectivity index (χ1n) is 4.65. The first-order valence-corrected chi connectivity index (χ1v) is 4.65. The number of fused-ring (bicyclic) bond motifs is 1. The summed E-state index contributed by atoms with van der Waals surface area (Å²) in [6.45, 7) is 0. The number of H-pyrrole nitrogens is 1. The molecule has 15 heavy (non-hydrogen) atoms. The van der Waals surface area contributed by atoms with Crippen molar-refractivity contribution in [1.29, 1.82) is 0 Å². The maximum Gasteiger partial charge on any atom is 0.158 e. The van der Waals surface area contributed by atoms with Crippen LogP contribution in [0, 0.1) is 0 Å². The lowest BCUT2D eigenvalue weighted by molar-refractivity contribution is 1.04. The van der Waals surface area contributed by atoms with Gasteiger partial charge in [0.2, 0.25) is 0 Å². The summed E-state index contributed by atoms with van der Waals surface area (Å²) < 4.78 is 0. The predicted molar refractivity (Wildman–Crippen MR) is 57.1 cm³/mol. The molecule has 0 aliphatic carbocycles. The Labute approximate surface area is 86.0 Å². The number of aromatic amines is 1. The molecule has 0 aliphatic heterocycles. The monoisotopic (exact) mass is 196 g/mol. The second kappa shape index (κ2) is 3.16. The molecule has 0 radical (unpaired) electrons. The molecule has 0 saturated carbocycles. The van der Waals surface area contributed by atoms with Crippen molar-refractivity contribution < 1.29 is 0 Å². The van der Waals surface area contributed by atoms with E-state index < -0.39 is 0 Å². The average molecular weight is 196 g/mol. The molecule has 2 aromatic heterocycles. The van der Waals surface area contributed by atoms with Crippen LogP contribution in [0.15, 0.2) is 42.9 Å². The summed E-state index contributed by atoms with van der Waals surface area (Å²) in [4.78, 5) is 7.21. The summed E-state index contributed by atoms with van der Waals surface area (Å²) in [5, 5.41) is 10.2. The van der Waals surface area contributed by atoms with Gasteiger partial charge in [-0.15, -0.1) is 5.10 Å². The van der Waals surface area contributed by atoms with Crippen LogP contribution < -0.4 is 0 Å². The van der Waals surface area contributed by atoms with E-state index in [2.05, 4.69) is 20.2 Å². The van der Waals surface area contributed by atoms with Crippen molar-refractivity contribution in [2.24, 2.45) is 0 Å². The van der Waals surface area contributed by atoms with Gasteiger partial charge in [0, 0.05) is 23.2 Å². The van der Waals surface area contributed by atoms with Gasteiger partial charge in [0.15, 0.2) is 5.82 Å². The number of hydrogen-bond donors (Lipinski definition) is 1. The fourth-order valence-corrected chi connectivity index (χ4v) is 1.60. The SMILES string of the molecule is c1ccc2c(-c3ncc[nH]3)nncc2c1. The van der Waals surface area contributed by atoms with Gasteiger partial charge in [-0.1, -0.05) is 24.3 Å². The van der Waals surface area contributed by atoms with Crippen molar-refractivity contribution in [3.05, 3.63) is 42.9 Å². The summed E-state index contributed by atoms with van der Waals surface area (Å²) in [5.41, 5.74) is 0.790. The van der Waals surface area contributed by atoms with Gasteiger partial charge < -0.3 is 4.98 Å². The van der Waals surface area contributed by atoms with E-state index in [1.807, 2.05) is 24.3 Å². The molecule has 0 amide bonds. The topological polar surface area (TPSA) is 54.5 Å². The number of hydrogen-bond acceptors (Lipinski definition) is 3. The minimum Gasteiger partial charge on any atom is -0.343 e. The number of nitrogens with one attached hydrogen (secondary N) is 1. The summed E-state index contributed by atoms with van der Waals surface area (Å²) in [6.07, 6.45) is 5.24. The Morgan fingerprint density at radius 1 is 1.13 bits per heavy atom. The number of benzene rings is 1. The van der Waals surface area contributed by atoms with E-state index >= 15 is 0 Å². The number of rotatable bonds is 1. The Morgan fingerprint density at radius 3 is 2.93 bits per heavy atom. The average Bonchev–Trinajstić information content (AvgIpc) is 2.82. The standard InChI is InChI=1S/C11H8N4/c1-2-4-9-8(3-1)7-14-15-10(9)11-12-5-6-13-11/h1-7H,(H,12,13). The van der Waals surface area contributed by atoms with E-state index in [0.717, 1.165) is 22.3 Å². The van der Waals surface area contributed by atoms with Gasteiger partial charge in [0.1, 0.15) is 5.69 Å². The molecule has 1 aromatic carbocycles. The minimum atomic E-state index is 0.749. The van der Waals surface area contributed by atoms with Crippen molar-refractivity contribution >= 4 is 10.8 Å². The summed E-state index contributed by atoms with van der Waals surface area (Å²) >= 11 is 0. The third-order valence-corrected chi connectivity index (χ3v) is 2.29. The molecular weight excluding hydrogens is 188 g/mol. The highest BCUT2D eigenvalue weighted by Gasteiger charge is 2.06. The molecule has 72 valence electrons. The molecule has 0 bridgehead atoms. The lowest BCUT2D eigenvalue weighted by Crippen LogP contribution is -1.90. The van der Waals surface area contributed by atoms with Crippen molar-refractivity contribution in [3.8, 4) is 11.5 Å². The van der Waals surface area contributed by atoms with E-state index in [0.29, 0.717) is 0 Å². The first kappa shape index (κ1) is 8.11. The van der Waals surface area contributed by atoms with Gasteiger partial charge in [0.05, 0.1) is 6.20 Å². The Kier molecular flexibility index (Phi) is 1.71. The highest BCUT2D eigenvalue weighted by atomic mass is 15.1. The fraction of sp³-hybridized carbons (Fsp3) is 0. The van der Waals surface area contributed by atoms with Crippen LogP contribution in [-0.4, -0.2) is 20.2 Å². The van der Waals surface area contributed by atoms with Crippen LogP contribution in [0.1, 0.15) is 0 Å². The van der Waals surface area contributed by atoms with Crippen LogP contribution in [0.4, 0.5) is 0 Å². The first-order chi connectivity index (χ1) is 7.45. The molecule has 3 aromatic rings. The fourth-order valence-electron chi connectivity index (χ4n) is 1.60. The van der Waals surface area contributed by atoms with E-state index in [4.69, 9.17) is 0 Å². The molecule has 0 atom stereocenters. The van der Waals surface area contributed by atoms with Crippen LogP contribution in [-0.2, 0) is 0 Å². The molecule has 2 heterocycles. The minimum absolute atomic E-state index is 0.749. The predicted octanol–water partition coefficient (Wildman–Crippen LogP) is 2.02. The molecule has 1 N–H and O–H groups in total. The lowest BCUT2D eigenvalue weighted by atomic mass is 10.1. The Balaban J connectivity index is 2.36. The van der Waals surface area contributed by atoms with Crippen LogP contribution >= 0.6 is 0 Å². The molecule has 0 saturated heterocycles. The number of nitrogens with zero attached hydrogens (tertiary/aromatic N) is 3. The third kappa shape index (κ3) is 1.27. The number of aromatic nitrogens is 4. The van der Waals surface area contributed by atoms with E-state index in [9.17, 15) is 0 Å². The van der Waals surface area contributed by atoms with Crippen molar-refractivity contribution in [1.82, 2.24) is 20.2 Å². The zero-order valence-corrected chi connectivity index (χ0v) is 7.88. The second-order valence-corrected chi connectivity index (χ2v) is 3.22. The zero-order valence-electron chi connectivity index (χ0n) is 7.88. The maximum atomic E-state index is 4.18. The van der Waals surface area contributed by atoms with Crippen LogP contribution in [0.25, 0.3) is 22.3 Å². The van der Waals surface area contributed by atoms with Gasteiger partial charge in [-0.2, -0.15) is 5.10 Å². The normalized spacial score (nSPS) is 10.7. The van der Waals surface area contributed by atoms with Crippen molar-refractivity contribution in [2.45, 2.75) is 0 Å². The molecule has 0 fully saturated rings. The van der Waals surface area contributed by atoms with Crippen LogP contribution in [0.3, 0.4) is 0 Å². The van der Waals surface area contributed by atoms with Gasteiger partial charge in [0.25, 0.3) is 0 Å². The molecule has 0 aliphatic rings. The van der Waals surface area contributed by atoms with E-state index in [-0.39, 0.29) is 0 Å². The Morgan fingerprint density at radius 2 is 2.07 bits per heavy atom. The highest BCUT2D eigenvalue weighted by molar-refractivity contribution is 5.92. The van der Waals surface area contributed by atoms with Crippen LogP contribution in [0.5, 0.6) is 0 Å². The van der Waals surface area contributed by atoms with Gasteiger partial charge in [-0.3, -0.25) is 0 Å². The quantitative estimate of drug-likeness (QED) is 0.647. The van der Waals surface area contributed by atoms with Gasteiger partial charge in [-0.25, -0.2) is 4.98 Å².